The first-order valence-corrected chi connectivity index (χ1v) is 8.48. The van der Waals surface area contributed by atoms with E-state index in [2.05, 4.69) is 90.0 Å². The van der Waals surface area contributed by atoms with Gasteiger partial charge >= 0.3 is 0 Å². The molecular formula is C22H18N3+. The van der Waals surface area contributed by atoms with Crippen LogP contribution in [0.15, 0.2) is 73.1 Å². The highest BCUT2D eigenvalue weighted by Gasteiger charge is 2.19. The van der Waals surface area contributed by atoms with Gasteiger partial charge in [0, 0.05) is 23.0 Å². The highest BCUT2D eigenvalue weighted by Crippen LogP contribution is 2.36. The van der Waals surface area contributed by atoms with Crippen molar-refractivity contribution in [3.8, 4) is 11.1 Å². The summed E-state index contributed by atoms with van der Waals surface area (Å²) in [4.78, 5) is 4.79. The summed E-state index contributed by atoms with van der Waals surface area (Å²) in [5, 5.41) is 2.45. The second kappa shape index (κ2) is 5.15. The van der Waals surface area contributed by atoms with Crippen LogP contribution in [0.1, 0.15) is 5.56 Å². The van der Waals surface area contributed by atoms with Gasteiger partial charge in [-0.3, -0.25) is 4.98 Å². The van der Waals surface area contributed by atoms with Gasteiger partial charge in [0.2, 0.25) is 0 Å². The molecule has 0 unspecified atom stereocenters. The molecule has 0 aliphatic rings. The van der Waals surface area contributed by atoms with Gasteiger partial charge in [-0.25, -0.2) is 0 Å². The maximum absolute atomic E-state index is 4.79. The van der Waals surface area contributed by atoms with Crippen LogP contribution in [0.4, 0.5) is 0 Å². The van der Waals surface area contributed by atoms with Crippen LogP contribution in [0.5, 0.6) is 0 Å². The van der Waals surface area contributed by atoms with E-state index in [1.54, 1.807) is 0 Å². The molecule has 0 saturated carbocycles. The molecule has 0 atom stereocenters. The number of benzene rings is 2. The van der Waals surface area contributed by atoms with Crippen LogP contribution < -0.4 is 4.68 Å². The Morgan fingerprint density at radius 3 is 2.60 bits per heavy atom. The highest BCUT2D eigenvalue weighted by atomic mass is 15.3. The van der Waals surface area contributed by atoms with Gasteiger partial charge in [-0.2, -0.15) is 0 Å². The maximum Gasteiger partial charge on any atom is 0.196 e. The number of aromatic nitrogens is 3. The zero-order valence-corrected chi connectivity index (χ0v) is 14.3. The first-order chi connectivity index (χ1) is 12.3. The summed E-state index contributed by atoms with van der Waals surface area (Å²) < 4.78 is 4.38. The summed E-state index contributed by atoms with van der Waals surface area (Å²) >= 11 is 0. The molecule has 5 rings (SSSR count). The number of hydrogen-bond donors (Lipinski definition) is 0. The minimum Gasteiger partial charge on any atom is -0.254 e. The molecule has 120 valence electrons. The lowest BCUT2D eigenvalue weighted by Crippen LogP contribution is -2.34. The molecule has 3 nitrogen and oxygen atoms in total. The van der Waals surface area contributed by atoms with Crippen LogP contribution in [-0.2, 0) is 7.05 Å². The van der Waals surface area contributed by atoms with Crippen LogP contribution in [-0.4, -0.2) is 9.50 Å². The standard InChI is InChI=1S/C22H18N3/c1-15-11-13-23-21-20-17(16-7-4-3-5-8-16)9-6-10-18(20)19-12-14-24(2)25(19)22(15)21/h3-14H,1-2H3/q+1. The Labute approximate surface area is 145 Å². The van der Waals surface area contributed by atoms with Crippen molar-refractivity contribution in [2.45, 2.75) is 6.92 Å². The van der Waals surface area contributed by atoms with Crippen LogP contribution in [0.25, 0.3) is 38.4 Å². The van der Waals surface area contributed by atoms with Crippen molar-refractivity contribution in [1.82, 2.24) is 9.50 Å². The molecule has 0 fully saturated rings. The lowest BCUT2D eigenvalue weighted by atomic mass is 9.96. The van der Waals surface area contributed by atoms with E-state index >= 15 is 0 Å². The Hall–Kier alpha value is -3.20. The molecule has 0 N–H and O–H groups in total. The molecule has 0 amide bonds. The Kier molecular flexibility index (Phi) is 2.92. The second-order valence-corrected chi connectivity index (χ2v) is 6.51. The fraction of sp³-hybridized carbons (Fsp3) is 0.0909. The predicted molar refractivity (Wildman–Crippen MR) is 102 cm³/mol. The maximum atomic E-state index is 4.79. The fourth-order valence-electron chi connectivity index (χ4n) is 3.85. The van der Waals surface area contributed by atoms with E-state index in [4.69, 9.17) is 4.98 Å². The number of hydrogen-bond acceptors (Lipinski definition) is 1. The van der Waals surface area contributed by atoms with E-state index in [9.17, 15) is 0 Å². The summed E-state index contributed by atoms with van der Waals surface area (Å²) in [6.07, 6.45) is 4.02. The van der Waals surface area contributed by atoms with Gasteiger partial charge < -0.3 is 0 Å². The third kappa shape index (κ3) is 1.92. The second-order valence-electron chi connectivity index (χ2n) is 6.51. The molecule has 3 heterocycles. The molecule has 0 aliphatic carbocycles. The van der Waals surface area contributed by atoms with Crippen LogP contribution in [0.2, 0.25) is 0 Å². The first kappa shape index (κ1) is 14.2. The lowest BCUT2D eigenvalue weighted by molar-refractivity contribution is -0.735. The molecule has 0 radical (unpaired) electrons. The Morgan fingerprint density at radius 2 is 1.76 bits per heavy atom. The largest absolute Gasteiger partial charge is 0.254 e. The van der Waals surface area contributed by atoms with Crippen LogP contribution in [0, 0.1) is 6.92 Å². The quantitative estimate of drug-likeness (QED) is 0.330. The smallest absolute Gasteiger partial charge is 0.196 e. The van der Waals surface area contributed by atoms with Gasteiger partial charge in [-0.05, 0) is 29.7 Å². The normalized spacial score (nSPS) is 11.6. The highest BCUT2D eigenvalue weighted by molar-refractivity contribution is 6.17. The number of rotatable bonds is 1. The van der Waals surface area contributed by atoms with E-state index in [0.29, 0.717) is 0 Å². The molecular weight excluding hydrogens is 306 g/mol. The van der Waals surface area contributed by atoms with E-state index in [-0.39, 0.29) is 0 Å². The van der Waals surface area contributed by atoms with Crippen molar-refractivity contribution < 1.29 is 4.68 Å². The van der Waals surface area contributed by atoms with Gasteiger partial charge in [-0.1, -0.05) is 48.5 Å². The minimum absolute atomic E-state index is 1.05. The third-order valence-electron chi connectivity index (χ3n) is 4.99. The zero-order valence-electron chi connectivity index (χ0n) is 14.3. The monoisotopic (exact) mass is 324 g/mol. The molecule has 0 spiro atoms. The Morgan fingerprint density at radius 1 is 0.920 bits per heavy atom. The Balaban J connectivity index is 2.11. The number of fused-ring (bicyclic) bond motifs is 6. The SMILES string of the molecule is Cc1ccnc2c3c(-c4ccccc4)cccc3c3cc[n+](C)n3c12. The van der Waals surface area contributed by atoms with Crippen LogP contribution >= 0.6 is 0 Å². The lowest BCUT2D eigenvalue weighted by Gasteiger charge is -2.12. The number of aryl methyl sites for hydroxylation is 2. The van der Waals surface area contributed by atoms with Crippen molar-refractivity contribution in [2.24, 2.45) is 7.05 Å². The Bertz CT molecular complexity index is 1250. The summed E-state index contributed by atoms with van der Waals surface area (Å²) in [6.45, 7) is 2.15. The molecule has 0 bridgehead atoms. The summed E-state index contributed by atoms with van der Waals surface area (Å²) in [6, 6.07) is 21.4. The molecule has 2 aromatic carbocycles. The van der Waals surface area contributed by atoms with Crippen molar-refractivity contribution >= 4 is 27.3 Å². The first-order valence-electron chi connectivity index (χ1n) is 8.48. The van der Waals surface area contributed by atoms with E-state index in [0.717, 1.165) is 5.52 Å². The van der Waals surface area contributed by atoms with Gasteiger partial charge in [0.05, 0.1) is 0 Å². The van der Waals surface area contributed by atoms with E-state index < -0.39 is 0 Å². The topological polar surface area (TPSA) is 21.2 Å². The fourth-order valence-corrected chi connectivity index (χ4v) is 3.85. The number of nitrogens with zero attached hydrogens (tertiary/aromatic N) is 3. The predicted octanol–water partition coefficient (Wildman–Crippen LogP) is 4.44. The molecule has 0 saturated heterocycles. The van der Waals surface area contributed by atoms with Gasteiger partial charge in [0.1, 0.15) is 16.6 Å². The molecule has 0 aliphatic heterocycles. The van der Waals surface area contributed by atoms with Crippen LogP contribution in [0.3, 0.4) is 0 Å². The molecule has 3 aromatic heterocycles. The van der Waals surface area contributed by atoms with Gasteiger partial charge in [0.15, 0.2) is 13.2 Å². The van der Waals surface area contributed by atoms with Crippen molar-refractivity contribution in [2.75, 3.05) is 0 Å². The molecule has 3 heteroatoms. The van der Waals surface area contributed by atoms with Gasteiger partial charge in [-0.15, -0.1) is 9.20 Å². The summed E-state index contributed by atoms with van der Waals surface area (Å²) in [5.74, 6) is 0. The summed E-state index contributed by atoms with van der Waals surface area (Å²) in [5.41, 5.74) is 7.10. The molecule has 25 heavy (non-hydrogen) atoms. The average Bonchev–Trinajstić information content (AvgIpc) is 3.04. The van der Waals surface area contributed by atoms with Crippen molar-refractivity contribution in [3.05, 3.63) is 78.6 Å². The summed E-state index contributed by atoms with van der Waals surface area (Å²) in [7, 11) is 2.08. The number of pyridine rings is 2. The van der Waals surface area contributed by atoms with E-state index in [1.165, 1.54) is 38.5 Å². The zero-order chi connectivity index (χ0) is 17.0. The van der Waals surface area contributed by atoms with Crippen molar-refractivity contribution in [3.63, 3.8) is 0 Å². The average molecular weight is 324 g/mol. The van der Waals surface area contributed by atoms with Gasteiger partial charge in [0.25, 0.3) is 0 Å². The molecule has 5 aromatic rings. The van der Waals surface area contributed by atoms with E-state index in [1.807, 2.05) is 6.20 Å². The third-order valence-corrected chi connectivity index (χ3v) is 4.99. The van der Waals surface area contributed by atoms with Crippen molar-refractivity contribution in [1.29, 1.82) is 0 Å². The minimum atomic E-state index is 1.05.